The van der Waals surface area contributed by atoms with Crippen LogP contribution in [-0.2, 0) is 17.7 Å². The molecule has 6 nitrogen and oxygen atoms in total. The summed E-state index contributed by atoms with van der Waals surface area (Å²) in [5.74, 6) is 0.236. The summed E-state index contributed by atoms with van der Waals surface area (Å²) in [5, 5.41) is 0.953. The molecule has 0 unspecified atom stereocenters. The summed E-state index contributed by atoms with van der Waals surface area (Å²) in [7, 11) is 0. The fourth-order valence-electron chi connectivity index (χ4n) is 4.27. The van der Waals surface area contributed by atoms with Gasteiger partial charge >= 0.3 is 0 Å². The third-order valence-corrected chi connectivity index (χ3v) is 6.81. The highest BCUT2D eigenvalue weighted by Crippen LogP contribution is 2.40. The molecule has 1 aliphatic heterocycles. The van der Waals surface area contributed by atoms with Gasteiger partial charge in [0.15, 0.2) is 10.9 Å². The van der Waals surface area contributed by atoms with Crippen LogP contribution in [0.1, 0.15) is 35.6 Å². The Morgan fingerprint density at radius 3 is 3.04 bits per heavy atom. The zero-order valence-corrected chi connectivity index (χ0v) is 17.0. The number of hydrogen-bond donors (Lipinski definition) is 0. The first-order valence-corrected chi connectivity index (χ1v) is 10.6. The normalized spacial score (nSPS) is 21.9. The van der Waals surface area contributed by atoms with Crippen molar-refractivity contribution in [2.75, 3.05) is 24.7 Å². The Morgan fingerprint density at radius 1 is 1.29 bits per heavy atom. The number of ketones is 1. The lowest BCUT2D eigenvalue weighted by Crippen LogP contribution is -2.47. The van der Waals surface area contributed by atoms with Crippen molar-refractivity contribution in [2.24, 2.45) is 5.41 Å². The number of carbonyl (C=O) groups excluding carboxylic acids is 1. The number of carbonyl (C=O) groups is 1. The molecule has 2 aromatic heterocycles. The number of benzene rings is 1. The van der Waals surface area contributed by atoms with Gasteiger partial charge < -0.3 is 14.2 Å². The van der Waals surface area contributed by atoms with Crippen LogP contribution in [0.15, 0.2) is 30.6 Å². The van der Waals surface area contributed by atoms with Crippen LogP contribution < -0.4 is 4.90 Å². The van der Waals surface area contributed by atoms with Crippen molar-refractivity contribution in [3.05, 3.63) is 41.2 Å². The quantitative estimate of drug-likeness (QED) is 0.678. The van der Waals surface area contributed by atoms with E-state index in [0.29, 0.717) is 19.6 Å². The van der Waals surface area contributed by atoms with Crippen molar-refractivity contribution in [1.29, 1.82) is 0 Å². The predicted molar refractivity (Wildman–Crippen MR) is 110 cm³/mol. The number of thiazole rings is 1. The third kappa shape index (κ3) is 3.12. The van der Waals surface area contributed by atoms with Gasteiger partial charge in [-0.1, -0.05) is 37.3 Å². The van der Waals surface area contributed by atoms with E-state index in [1.54, 1.807) is 11.3 Å². The van der Waals surface area contributed by atoms with E-state index in [1.165, 1.54) is 0 Å². The summed E-state index contributed by atoms with van der Waals surface area (Å²) >= 11 is 1.56. The van der Waals surface area contributed by atoms with Crippen LogP contribution in [0.2, 0.25) is 0 Å². The van der Waals surface area contributed by atoms with Crippen molar-refractivity contribution in [1.82, 2.24) is 14.5 Å². The van der Waals surface area contributed by atoms with E-state index in [4.69, 9.17) is 9.72 Å². The van der Waals surface area contributed by atoms with Crippen LogP contribution in [0.25, 0.3) is 11.0 Å². The van der Waals surface area contributed by atoms with Crippen LogP contribution in [0, 0.1) is 5.41 Å². The highest BCUT2D eigenvalue weighted by Gasteiger charge is 2.36. The predicted octanol–water partition coefficient (Wildman–Crippen LogP) is 3.55. The van der Waals surface area contributed by atoms with Crippen molar-refractivity contribution in [3.8, 4) is 0 Å². The number of imidazole rings is 1. The second kappa shape index (κ2) is 6.67. The van der Waals surface area contributed by atoms with Gasteiger partial charge in [0, 0.05) is 19.5 Å². The Labute approximate surface area is 168 Å². The fraction of sp³-hybridized carbons (Fsp3) is 0.476. The van der Waals surface area contributed by atoms with Crippen LogP contribution in [0.5, 0.6) is 0 Å². The molecule has 1 atom stereocenters. The first-order valence-electron chi connectivity index (χ1n) is 9.77. The first kappa shape index (κ1) is 17.8. The lowest BCUT2D eigenvalue weighted by atomic mass is 9.78. The monoisotopic (exact) mass is 396 g/mol. The number of hydrogen-bond acceptors (Lipinski definition) is 6. The number of anilines is 1. The Bertz CT molecular complexity index is 1040. The molecule has 5 rings (SSSR count). The molecule has 2 aliphatic rings. The molecule has 7 heteroatoms. The largest absolute Gasteiger partial charge is 0.377 e. The number of para-hydroxylation sites is 2. The molecule has 1 fully saturated rings. The lowest BCUT2D eigenvalue weighted by molar-refractivity contribution is 0.0891. The number of fused-ring (bicyclic) bond motifs is 2. The molecule has 0 saturated carbocycles. The minimum atomic E-state index is -0.00440. The van der Waals surface area contributed by atoms with Gasteiger partial charge in [-0.2, -0.15) is 0 Å². The zero-order chi connectivity index (χ0) is 19.3. The van der Waals surface area contributed by atoms with E-state index in [0.717, 1.165) is 46.2 Å². The van der Waals surface area contributed by atoms with E-state index in [-0.39, 0.29) is 17.2 Å². The van der Waals surface area contributed by atoms with Gasteiger partial charge in [-0.25, -0.2) is 9.97 Å². The number of nitrogens with zero attached hydrogens (tertiary/aromatic N) is 4. The number of ether oxygens (including phenoxy) is 1. The number of aromatic nitrogens is 3. The van der Waals surface area contributed by atoms with Gasteiger partial charge in [0.2, 0.25) is 0 Å². The molecule has 0 radical (unpaired) electrons. The van der Waals surface area contributed by atoms with Crippen LogP contribution in [-0.4, -0.2) is 46.1 Å². The summed E-state index contributed by atoms with van der Waals surface area (Å²) in [4.78, 5) is 25.2. The first-order chi connectivity index (χ1) is 13.5. The van der Waals surface area contributed by atoms with Crippen LogP contribution in [0.3, 0.4) is 0 Å². The van der Waals surface area contributed by atoms with Gasteiger partial charge in [0.1, 0.15) is 0 Å². The maximum absolute atomic E-state index is 12.6. The van der Waals surface area contributed by atoms with Gasteiger partial charge in [-0.3, -0.25) is 4.79 Å². The minimum Gasteiger partial charge on any atom is -0.377 e. The van der Waals surface area contributed by atoms with E-state index in [9.17, 15) is 4.79 Å². The van der Waals surface area contributed by atoms with E-state index >= 15 is 0 Å². The van der Waals surface area contributed by atoms with Crippen molar-refractivity contribution in [2.45, 2.75) is 39.3 Å². The highest BCUT2D eigenvalue weighted by molar-refractivity contribution is 7.17. The second-order valence-electron chi connectivity index (χ2n) is 8.52. The van der Waals surface area contributed by atoms with E-state index in [2.05, 4.69) is 34.4 Å². The van der Waals surface area contributed by atoms with Gasteiger partial charge in [0.05, 0.1) is 47.2 Å². The Balaban J connectivity index is 1.45. The maximum Gasteiger partial charge on any atom is 0.186 e. The molecule has 0 amide bonds. The van der Waals surface area contributed by atoms with E-state index < -0.39 is 0 Å². The van der Waals surface area contributed by atoms with Crippen molar-refractivity contribution >= 4 is 33.3 Å². The SMILES string of the molecule is CC1(C)CC(=O)c2sc(N3CCOC[C@@H]3Cn3cnc4ccccc43)nc2C1. The third-order valence-electron chi connectivity index (χ3n) is 5.63. The van der Waals surface area contributed by atoms with Crippen LogP contribution in [0.4, 0.5) is 5.13 Å². The van der Waals surface area contributed by atoms with Crippen LogP contribution >= 0.6 is 11.3 Å². The zero-order valence-electron chi connectivity index (χ0n) is 16.2. The molecule has 0 bridgehead atoms. The standard InChI is InChI=1S/C21H24N4O2S/c1-21(2)9-16-19(18(26)10-21)28-20(23-16)25-7-8-27-12-14(25)11-24-13-22-15-5-3-4-6-17(15)24/h3-6,13-14H,7-12H2,1-2H3/t14-/m0/s1. The highest BCUT2D eigenvalue weighted by atomic mass is 32.1. The molecular weight excluding hydrogens is 372 g/mol. The molecule has 0 N–H and O–H groups in total. The molecule has 1 aliphatic carbocycles. The average Bonchev–Trinajstić information content (AvgIpc) is 3.26. The fourth-order valence-corrected chi connectivity index (χ4v) is 5.39. The number of morpholine rings is 1. The molecule has 0 spiro atoms. The number of Topliss-reactive ketones (excluding diaryl/α,β-unsaturated/α-hetero) is 1. The Morgan fingerprint density at radius 2 is 2.14 bits per heavy atom. The lowest BCUT2D eigenvalue weighted by Gasteiger charge is -2.35. The van der Waals surface area contributed by atoms with Gasteiger partial charge in [-0.15, -0.1) is 0 Å². The Hall–Kier alpha value is -2.25. The topological polar surface area (TPSA) is 60.2 Å². The maximum atomic E-state index is 12.6. The smallest absolute Gasteiger partial charge is 0.186 e. The molecular formula is C21H24N4O2S. The minimum absolute atomic E-state index is 0.00440. The summed E-state index contributed by atoms with van der Waals surface area (Å²) in [6.07, 6.45) is 3.37. The molecule has 1 saturated heterocycles. The Kier molecular flexibility index (Phi) is 4.25. The summed E-state index contributed by atoms with van der Waals surface area (Å²) in [6.45, 7) is 7.20. The molecule has 3 aromatic rings. The van der Waals surface area contributed by atoms with E-state index in [1.807, 2.05) is 24.5 Å². The molecule has 1 aromatic carbocycles. The van der Waals surface area contributed by atoms with Gasteiger partial charge in [-0.05, 0) is 24.0 Å². The number of rotatable bonds is 3. The van der Waals surface area contributed by atoms with Gasteiger partial charge in [0.25, 0.3) is 0 Å². The summed E-state index contributed by atoms with van der Waals surface area (Å²) < 4.78 is 7.97. The van der Waals surface area contributed by atoms with Crippen molar-refractivity contribution < 1.29 is 9.53 Å². The summed E-state index contributed by atoms with van der Waals surface area (Å²) in [6, 6.07) is 8.34. The molecule has 28 heavy (non-hydrogen) atoms. The summed E-state index contributed by atoms with van der Waals surface area (Å²) in [5.41, 5.74) is 3.10. The average molecular weight is 397 g/mol. The molecule has 3 heterocycles. The van der Waals surface area contributed by atoms with Crippen molar-refractivity contribution in [3.63, 3.8) is 0 Å². The second-order valence-corrected chi connectivity index (χ2v) is 9.50. The molecule has 146 valence electrons.